The second-order valence-electron chi connectivity index (χ2n) is 5.80. The lowest BCUT2D eigenvalue weighted by atomic mass is 9.91. The summed E-state index contributed by atoms with van der Waals surface area (Å²) in [7, 11) is 2.05. The molecule has 2 heterocycles. The van der Waals surface area contributed by atoms with Crippen LogP contribution in [-0.2, 0) is 4.74 Å². The van der Waals surface area contributed by atoms with Crippen LogP contribution in [0.25, 0.3) is 0 Å². The third-order valence-electron chi connectivity index (χ3n) is 4.27. The van der Waals surface area contributed by atoms with Crippen LogP contribution in [0.3, 0.4) is 0 Å². The Morgan fingerprint density at radius 1 is 1.33 bits per heavy atom. The molecule has 1 amide bonds. The van der Waals surface area contributed by atoms with Crippen LogP contribution in [-0.4, -0.2) is 54.4 Å². The number of rotatable bonds is 2. The molecule has 2 fully saturated rings. The van der Waals surface area contributed by atoms with Crippen molar-refractivity contribution in [3.05, 3.63) is 29.8 Å². The highest BCUT2D eigenvalue weighted by Gasteiger charge is 2.47. The van der Waals surface area contributed by atoms with E-state index in [4.69, 9.17) is 9.84 Å². The Bertz CT molecular complexity index is 579. The molecule has 2 aliphatic heterocycles. The van der Waals surface area contributed by atoms with Gasteiger partial charge in [0.1, 0.15) is 5.60 Å². The second kappa shape index (κ2) is 5.04. The van der Waals surface area contributed by atoms with Crippen LogP contribution < -0.4 is 4.90 Å². The van der Waals surface area contributed by atoms with Gasteiger partial charge in [-0.15, -0.1) is 0 Å². The Morgan fingerprint density at radius 3 is 2.71 bits per heavy atom. The minimum absolute atomic E-state index is 0.171. The molecule has 0 saturated carbocycles. The molecule has 21 heavy (non-hydrogen) atoms. The number of likely N-dealkylation sites (tertiary alicyclic amines) is 1. The lowest BCUT2D eigenvalue weighted by Crippen LogP contribution is -2.45. The fourth-order valence-corrected chi connectivity index (χ4v) is 2.92. The predicted octanol–water partition coefficient (Wildman–Crippen LogP) is 1.81. The third kappa shape index (κ3) is 2.58. The molecular weight excluding hydrogens is 272 g/mol. The van der Waals surface area contributed by atoms with Crippen molar-refractivity contribution >= 4 is 17.7 Å². The molecule has 0 aliphatic carbocycles. The van der Waals surface area contributed by atoms with Crippen LogP contribution in [0.5, 0.6) is 0 Å². The Labute approximate surface area is 122 Å². The van der Waals surface area contributed by atoms with Crippen molar-refractivity contribution in [1.82, 2.24) is 4.90 Å². The van der Waals surface area contributed by atoms with Gasteiger partial charge in [-0.2, -0.15) is 0 Å². The van der Waals surface area contributed by atoms with Crippen LogP contribution in [0, 0.1) is 0 Å². The molecule has 6 heteroatoms. The van der Waals surface area contributed by atoms with E-state index in [0.29, 0.717) is 12.2 Å². The second-order valence-corrected chi connectivity index (χ2v) is 5.80. The highest BCUT2D eigenvalue weighted by Crippen LogP contribution is 2.35. The molecule has 0 aromatic heterocycles. The molecule has 112 valence electrons. The number of aromatic carboxylic acids is 1. The maximum atomic E-state index is 12.2. The Balaban J connectivity index is 1.82. The molecule has 3 rings (SSSR count). The number of hydrogen-bond acceptors (Lipinski definition) is 4. The first-order valence-electron chi connectivity index (χ1n) is 7.02. The molecule has 2 saturated heterocycles. The van der Waals surface area contributed by atoms with Gasteiger partial charge < -0.3 is 14.7 Å². The molecule has 0 unspecified atom stereocenters. The monoisotopic (exact) mass is 290 g/mol. The largest absolute Gasteiger partial charge is 0.478 e. The van der Waals surface area contributed by atoms with Crippen LogP contribution in [0.1, 0.15) is 23.2 Å². The molecule has 0 radical (unpaired) electrons. The van der Waals surface area contributed by atoms with E-state index in [2.05, 4.69) is 11.9 Å². The number of benzene rings is 1. The summed E-state index contributed by atoms with van der Waals surface area (Å²) in [6, 6.07) is 6.41. The summed E-state index contributed by atoms with van der Waals surface area (Å²) in [6.07, 6.45) is 1.23. The summed E-state index contributed by atoms with van der Waals surface area (Å²) in [4.78, 5) is 26.9. The van der Waals surface area contributed by atoms with Gasteiger partial charge in [0.25, 0.3) is 0 Å². The fraction of sp³-hybridized carbons (Fsp3) is 0.467. The van der Waals surface area contributed by atoms with Gasteiger partial charge in [-0.25, -0.2) is 9.59 Å². The minimum Gasteiger partial charge on any atom is -0.478 e. The van der Waals surface area contributed by atoms with E-state index in [1.54, 1.807) is 12.1 Å². The van der Waals surface area contributed by atoms with E-state index in [1.807, 2.05) is 0 Å². The Hall–Kier alpha value is -2.08. The highest BCUT2D eigenvalue weighted by atomic mass is 16.6. The van der Waals surface area contributed by atoms with Crippen molar-refractivity contribution in [2.45, 2.75) is 18.4 Å². The van der Waals surface area contributed by atoms with Crippen LogP contribution >= 0.6 is 0 Å². The SMILES string of the molecule is CN1CCC2(CC1)CN(c1cccc(C(=O)O)c1)C(=O)O2. The van der Waals surface area contributed by atoms with Crippen molar-refractivity contribution in [3.8, 4) is 0 Å². The molecule has 6 nitrogen and oxygen atoms in total. The van der Waals surface area contributed by atoms with E-state index in [1.165, 1.54) is 17.0 Å². The van der Waals surface area contributed by atoms with Gasteiger partial charge in [0.2, 0.25) is 0 Å². The lowest BCUT2D eigenvalue weighted by molar-refractivity contribution is 0.00677. The number of carboxylic acids is 1. The van der Waals surface area contributed by atoms with Crippen LogP contribution in [0.15, 0.2) is 24.3 Å². The number of nitrogens with zero attached hydrogens (tertiary/aromatic N) is 2. The standard InChI is InChI=1S/C15H18N2O4/c1-16-7-5-15(6-8-16)10-17(14(20)21-15)12-4-2-3-11(9-12)13(18)19/h2-4,9H,5-8,10H2,1H3,(H,18,19). The molecule has 1 aromatic carbocycles. The molecule has 0 bridgehead atoms. The summed E-state index contributed by atoms with van der Waals surface area (Å²) in [6.45, 7) is 2.29. The quantitative estimate of drug-likeness (QED) is 0.899. The zero-order chi connectivity index (χ0) is 15.0. The van der Waals surface area contributed by atoms with Crippen LogP contribution in [0.2, 0.25) is 0 Å². The average molecular weight is 290 g/mol. The van der Waals surface area contributed by atoms with E-state index in [0.717, 1.165) is 25.9 Å². The fourth-order valence-electron chi connectivity index (χ4n) is 2.92. The van der Waals surface area contributed by atoms with Crippen molar-refractivity contribution in [1.29, 1.82) is 0 Å². The number of hydrogen-bond donors (Lipinski definition) is 1. The number of carbonyl (C=O) groups excluding carboxylic acids is 1. The van der Waals surface area contributed by atoms with E-state index in [-0.39, 0.29) is 11.7 Å². The molecular formula is C15H18N2O4. The Morgan fingerprint density at radius 2 is 2.05 bits per heavy atom. The first-order valence-corrected chi connectivity index (χ1v) is 7.02. The normalized spacial score (nSPS) is 21.6. The molecule has 0 atom stereocenters. The van der Waals surface area contributed by atoms with Gasteiger partial charge in [0.05, 0.1) is 12.1 Å². The van der Waals surface area contributed by atoms with Crippen molar-refractivity contribution in [2.24, 2.45) is 0 Å². The van der Waals surface area contributed by atoms with Gasteiger partial charge in [-0.3, -0.25) is 4.90 Å². The number of carboxylic acid groups (broad SMARTS) is 1. The third-order valence-corrected chi connectivity index (χ3v) is 4.27. The number of amides is 1. The molecule has 1 aromatic rings. The molecule has 1 N–H and O–H groups in total. The van der Waals surface area contributed by atoms with Crippen LogP contribution in [0.4, 0.5) is 10.5 Å². The van der Waals surface area contributed by atoms with Gasteiger partial charge in [0.15, 0.2) is 0 Å². The van der Waals surface area contributed by atoms with E-state index >= 15 is 0 Å². The minimum atomic E-state index is -1.00. The van der Waals surface area contributed by atoms with Crippen molar-refractivity contribution in [2.75, 3.05) is 31.6 Å². The van der Waals surface area contributed by atoms with Crippen molar-refractivity contribution < 1.29 is 19.4 Å². The first-order chi connectivity index (χ1) is 9.99. The topological polar surface area (TPSA) is 70.1 Å². The smallest absolute Gasteiger partial charge is 0.415 e. The summed E-state index contributed by atoms with van der Waals surface area (Å²) < 4.78 is 5.62. The van der Waals surface area contributed by atoms with Crippen molar-refractivity contribution in [3.63, 3.8) is 0 Å². The Kier molecular flexibility index (Phi) is 3.33. The number of ether oxygens (including phenoxy) is 1. The zero-order valence-corrected chi connectivity index (χ0v) is 11.9. The van der Waals surface area contributed by atoms with Gasteiger partial charge >= 0.3 is 12.1 Å². The average Bonchev–Trinajstić information content (AvgIpc) is 2.79. The van der Waals surface area contributed by atoms with Gasteiger partial charge in [0, 0.05) is 31.6 Å². The molecule has 2 aliphatic rings. The number of carbonyl (C=O) groups is 2. The van der Waals surface area contributed by atoms with E-state index in [9.17, 15) is 9.59 Å². The summed E-state index contributed by atoms with van der Waals surface area (Å²) >= 11 is 0. The summed E-state index contributed by atoms with van der Waals surface area (Å²) in [5.74, 6) is -1.00. The maximum absolute atomic E-state index is 12.2. The predicted molar refractivity (Wildman–Crippen MR) is 76.7 cm³/mol. The summed E-state index contributed by atoms with van der Waals surface area (Å²) in [5, 5.41) is 9.05. The first kappa shape index (κ1) is 13.9. The summed E-state index contributed by atoms with van der Waals surface area (Å²) in [5.41, 5.74) is 0.323. The van der Waals surface area contributed by atoms with Gasteiger partial charge in [-0.05, 0) is 25.2 Å². The van der Waals surface area contributed by atoms with E-state index < -0.39 is 11.6 Å². The number of anilines is 1. The lowest BCUT2D eigenvalue weighted by Gasteiger charge is -2.35. The highest BCUT2D eigenvalue weighted by molar-refractivity contribution is 5.93. The molecule has 1 spiro atoms. The van der Waals surface area contributed by atoms with Gasteiger partial charge in [-0.1, -0.05) is 6.07 Å². The maximum Gasteiger partial charge on any atom is 0.415 e. The zero-order valence-electron chi connectivity index (χ0n) is 11.9. The number of piperidine rings is 1.